The molecule has 0 radical (unpaired) electrons. The number of carbonyl (C=O) groups excluding carboxylic acids is 1. The summed E-state index contributed by atoms with van der Waals surface area (Å²) in [5, 5.41) is 0. The van der Waals surface area contributed by atoms with Gasteiger partial charge in [-0.2, -0.15) is 4.99 Å². The second kappa shape index (κ2) is 7.57. The quantitative estimate of drug-likeness (QED) is 0.543. The summed E-state index contributed by atoms with van der Waals surface area (Å²) in [5.41, 5.74) is 1.58. The first-order valence-electron chi connectivity index (χ1n) is 7.68. The maximum Gasteiger partial charge on any atom is 0.280 e. The van der Waals surface area contributed by atoms with Gasteiger partial charge in [-0.05, 0) is 41.6 Å². The van der Waals surface area contributed by atoms with Crippen molar-refractivity contribution in [1.29, 1.82) is 0 Å². The Morgan fingerprint density at radius 1 is 1.20 bits per heavy atom. The van der Waals surface area contributed by atoms with Gasteiger partial charge in [-0.1, -0.05) is 23.5 Å². The van der Waals surface area contributed by atoms with Gasteiger partial charge in [-0.25, -0.2) is 0 Å². The van der Waals surface area contributed by atoms with Crippen LogP contribution in [-0.4, -0.2) is 24.7 Å². The van der Waals surface area contributed by atoms with Crippen molar-refractivity contribution in [3.63, 3.8) is 0 Å². The molecule has 0 saturated heterocycles. The van der Waals surface area contributed by atoms with Crippen LogP contribution in [0.1, 0.15) is 17.3 Å². The molecule has 0 aliphatic heterocycles. The van der Waals surface area contributed by atoms with Gasteiger partial charge in [0.15, 0.2) is 16.3 Å². The van der Waals surface area contributed by atoms with Crippen molar-refractivity contribution in [3.05, 3.63) is 50.3 Å². The summed E-state index contributed by atoms with van der Waals surface area (Å²) >= 11 is 3.62. The third kappa shape index (κ3) is 3.43. The number of halogens is 1. The highest BCUT2D eigenvalue weighted by Gasteiger charge is 2.13. The fourth-order valence-corrected chi connectivity index (χ4v) is 4.29. The highest BCUT2D eigenvalue weighted by Crippen LogP contribution is 2.33. The summed E-state index contributed by atoms with van der Waals surface area (Å²) in [6, 6.07) is 11.3. The van der Waals surface area contributed by atoms with Gasteiger partial charge >= 0.3 is 0 Å². The van der Waals surface area contributed by atoms with Crippen molar-refractivity contribution in [2.75, 3.05) is 14.2 Å². The molecule has 1 amide bonds. The molecule has 0 aliphatic carbocycles. The van der Waals surface area contributed by atoms with Crippen LogP contribution in [-0.2, 0) is 6.54 Å². The Morgan fingerprint density at radius 3 is 2.52 bits per heavy atom. The number of aryl methyl sites for hydroxylation is 1. The molecule has 1 aromatic heterocycles. The highest BCUT2D eigenvalue weighted by atomic mass is 127. The number of thiazole rings is 1. The van der Waals surface area contributed by atoms with Gasteiger partial charge in [0.25, 0.3) is 5.91 Å². The maximum atomic E-state index is 12.6. The predicted octanol–water partition coefficient (Wildman–Crippen LogP) is 4.09. The van der Waals surface area contributed by atoms with Crippen LogP contribution in [0.25, 0.3) is 10.2 Å². The van der Waals surface area contributed by atoms with E-state index in [1.54, 1.807) is 20.3 Å². The highest BCUT2D eigenvalue weighted by molar-refractivity contribution is 14.1. The average molecular weight is 468 g/mol. The molecule has 7 heteroatoms. The van der Waals surface area contributed by atoms with Gasteiger partial charge < -0.3 is 14.0 Å². The Morgan fingerprint density at radius 2 is 1.88 bits per heavy atom. The van der Waals surface area contributed by atoms with Gasteiger partial charge in [-0.15, -0.1) is 0 Å². The van der Waals surface area contributed by atoms with E-state index in [0.29, 0.717) is 28.4 Å². The van der Waals surface area contributed by atoms with E-state index in [1.165, 1.54) is 11.3 Å². The van der Waals surface area contributed by atoms with E-state index in [2.05, 4.69) is 27.6 Å². The minimum Gasteiger partial charge on any atom is -0.493 e. The Hall–Kier alpha value is -1.87. The third-order valence-electron chi connectivity index (χ3n) is 3.81. The first kappa shape index (κ1) is 17.9. The Balaban J connectivity index is 2.19. The van der Waals surface area contributed by atoms with Crippen molar-refractivity contribution in [2.45, 2.75) is 13.5 Å². The van der Waals surface area contributed by atoms with Crippen LogP contribution in [0, 0.1) is 3.57 Å². The Bertz CT molecular complexity index is 1010. The number of hydrogen-bond acceptors (Lipinski definition) is 4. The van der Waals surface area contributed by atoms with Crippen LogP contribution in [0.4, 0.5) is 0 Å². The number of aromatic nitrogens is 1. The summed E-state index contributed by atoms with van der Waals surface area (Å²) < 4.78 is 14.6. The lowest BCUT2D eigenvalue weighted by molar-refractivity contribution is 0.0997. The number of benzene rings is 2. The standard InChI is InChI=1S/C18H17IN2O3S/c1-4-21-13-9-14(23-2)15(24-3)10-16(13)25-18(21)20-17(22)11-7-5-6-8-12(11)19/h5-10H,4H2,1-3H3. The molecule has 3 aromatic rings. The van der Waals surface area contributed by atoms with Crippen LogP contribution in [0.15, 0.2) is 41.4 Å². The molecular formula is C18H17IN2O3S. The molecular weight excluding hydrogens is 451 g/mol. The van der Waals surface area contributed by atoms with E-state index < -0.39 is 0 Å². The predicted molar refractivity (Wildman–Crippen MR) is 108 cm³/mol. The molecule has 0 fully saturated rings. The van der Waals surface area contributed by atoms with Gasteiger partial charge in [-0.3, -0.25) is 4.79 Å². The smallest absolute Gasteiger partial charge is 0.280 e. The zero-order chi connectivity index (χ0) is 18.0. The molecule has 0 unspecified atom stereocenters. The van der Waals surface area contributed by atoms with E-state index in [-0.39, 0.29) is 5.91 Å². The van der Waals surface area contributed by atoms with Crippen LogP contribution in [0.3, 0.4) is 0 Å². The number of ether oxygens (including phenoxy) is 2. The third-order valence-corrected chi connectivity index (χ3v) is 5.79. The van der Waals surface area contributed by atoms with E-state index in [4.69, 9.17) is 9.47 Å². The number of rotatable bonds is 4. The van der Waals surface area contributed by atoms with E-state index >= 15 is 0 Å². The van der Waals surface area contributed by atoms with Gasteiger partial charge in [0.05, 0.1) is 30.0 Å². The molecule has 0 bridgehead atoms. The molecule has 0 N–H and O–H groups in total. The van der Waals surface area contributed by atoms with E-state index in [1.807, 2.05) is 41.8 Å². The molecule has 130 valence electrons. The van der Waals surface area contributed by atoms with E-state index in [0.717, 1.165) is 13.8 Å². The second-order valence-corrected chi connectivity index (χ2v) is 7.37. The molecule has 5 nitrogen and oxygen atoms in total. The van der Waals surface area contributed by atoms with Crippen molar-refractivity contribution in [1.82, 2.24) is 4.57 Å². The molecule has 0 spiro atoms. The lowest BCUT2D eigenvalue weighted by Crippen LogP contribution is -2.16. The molecule has 0 aliphatic rings. The largest absolute Gasteiger partial charge is 0.493 e. The van der Waals surface area contributed by atoms with Crippen molar-refractivity contribution >= 4 is 50.1 Å². The number of carbonyl (C=O) groups is 1. The first-order chi connectivity index (χ1) is 12.1. The second-order valence-electron chi connectivity index (χ2n) is 5.20. The minimum absolute atomic E-state index is 0.238. The monoisotopic (exact) mass is 468 g/mol. The van der Waals surface area contributed by atoms with Crippen LogP contribution < -0.4 is 14.3 Å². The minimum atomic E-state index is -0.238. The number of amides is 1. The number of methoxy groups -OCH3 is 2. The SMILES string of the molecule is CCn1c(=NC(=O)c2ccccc2I)sc2cc(OC)c(OC)cc21. The number of hydrogen-bond donors (Lipinski definition) is 0. The summed E-state index contributed by atoms with van der Waals surface area (Å²) in [7, 11) is 3.22. The average Bonchev–Trinajstić information content (AvgIpc) is 2.96. The zero-order valence-corrected chi connectivity index (χ0v) is 17.1. The molecule has 3 rings (SSSR count). The van der Waals surface area contributed by atoms with Crippen LogP contribution >= 0.6 is 33.9 Å². The fourth-order valence-electron chi connectivity index (χ4n) is 2.57. The zero-order valence-electron chi connectivity index (χ0n) is 14.1. The van der Waals surface area contributed by atoms with E-state index in [9.17, 15) is 4.79 Å². The summed E-state index contributed by atoms with van der Waals surface area (Å²) in [4.78, 5) is 17.6. The molecule has 1 heterocycles. The van der Waals surface area contributed by atoms with Gasteiger partial charge in [0.1, 0.15) is 0 Å². The van der Waals surface area contributed by atoms with Crippen molar-refractivity contribution in [3.8, 4) is 11.5 Å². The number of fused-ring (bicyclic) bond motifs is 1. The first-order valence-corrected chi connectivity index (χ1v) is 9.57. The fraction of sp³-hybridized carbons (Fsp3) is 0.222. The lowest BCUT2D eigenvalue weighted by Gasteiger charge is -2.08. The molecule has 0 saturated carbocycles. The maximum absolute atomic E-state index is 12.6. The summed E-state index contributed by atoms with van der Waals surface area (Å²) in [6.07, 6.45) is 0. The normalized spacial score (nSPS) is 11.8. The summed E-state index contributed by atoms with van der Waals surface area (Å²) in [6.45, 7) is 2.73. The number of nitrogens with zero attached hydrogens (tertiary/aromatic N) is 2. The van der Waals surface area contributed by atoms with Crippen molar-refractivity contribution in [2.24, 2.45) is 4.99 Å². The van der Waals surface area contributed by atoms with Gasteiger partial charge in [0, 0.05) is 22.2 Å². The van der Waals surface area contributed by atoms with Gasteiger partial charge in [0.2, 0.25) is 0 Å². The van der Waals surface area contributed by atoms with Crippen molar-refractivity contribution < 1.29 is 14.3 Å². The van der Waals surface area contributed by atoms with Crippen LogP contribution in [0.5, 0.6) is 11.5 Å². The Kier molecular flexibility index (Phi) is 5.43. The lowest BCUT2D eigenvalue weighted by atomic mass is 10.2. The summed E-state index contributed by atoms with van der Waals surface area (Å²) in [5.74, 6) is 1.08. The molecule has 2 aromatic carbocycles. The topological polar surface area (TPSA) is 52.8 Å². The molecule has 25 heavy (non-hydrogen) atoms. The van der Waals surface area contributed by atoms with Crippen LogP contribution in [0.2, 0.25) is 0 Å². The molecule has 0 atom stereocenters. The Labute approximate surface area is 163 Å².